The number of nitrogens with zero attached hydrogens (tertiary/aromatic N) is 2. The molecule has 0 aromatic rings. The van der Waals surface area contributed by atoms with E-state index in [0.29, 0.717) is 0 Å². The minimum absolute atomic E-state index is 0. The predicted molar refractivity (Wildman–Crippen MR) is 107 cm³/mol. The van der Waals surface area contributed by atoms with E-state index in [9.17, 15) is 0 Å². The van der Waals surface area contributed by atoms with Crippen LogP contribution < -0.4 is 10.6 Å². The molecule has 0 saturated carbocycles. The maximum Gasteiger partial charge on any atom is 0.191 e. The van der Waals surface area contributed by atoms with Gasteiger partial charge in [0.2, 0.25) is 0 Å². The van der Waals surface area contributed by atoms with Crippen LogP contribution in [0.15, 0.2) is 4.99 Å². The molecule has 0 aliphatic heterocycles. The van der Waals surface area contributed by atoms with Crippen molar-refractivity contribution in [1.82, 2.24) is 15.5 Å². The fourth-order valence-electron chi connectivity index (χ4n) is 2.06. The smallest absolute Gasteiger partial charge is 0.191 e. The maximum absolute atomic E-state index is 5.06. The second-order valence-corrected chi connectivity index (χ2v) is 5.97. The third-order valence-electron chi connectivity index (χ3n) is 3.40. The minimum Gasteiger partial charge on any atom is -0.385 e. The summed E-state index contributed by atoms with van der Waals surface area (Å²) in [6.07, 6.45) is 4.87. The highest BCUT2D eigenvalue weighted by Crippen LogP contribution is 2.04. The highest BCUT2D eigenvalue weighted by atomic mass is 127. The molecule has 22 heavy (non-hydrogen) atoms. The molecule has 5 nitrogen and oxygen atoms in total. The molecule has 6 heteroatoms. The number of methoxy groups -OCH3 is 1. The zero-order valence-electron chi connectivity index (χ0n) is 15.2. The summed E-state index contributed by atoms with van der Waals surface area (Å²) in [6, 6.07) is 0. The van der Waals surface area contributed by atoms with E-state index in [1.54, 1.807) is 7.11 Å². The van der Waals surface area contributed by atoms with E-state index >= 15 is 0 Å². The van der Waals surface area contributed by atoms with Gasteiger partial charge in [-0.15, -0.1) is 24.0 Å². The van der Waals surface area contributed by atoms with Gasteiger partial charge in [-0.2, -0.15) is 0 Å². The van der Waals surface area contributed by atoms with Crippen molar-refractivity contribution in [3.63, 3.8) is 0 Å². The fraction of sp³-hybridized carbons (Fsp3) is 0.938. The van der Waals surface area contributed by atoms with Crippen molar-refractivity contribution in [2.75, 3.05) is 54.0 Å². The number of likely N-dealkylation sites (N-methyl/N-ethyl adjacent to an activating group) is 1. The normalized spacial score (nSPS) is 11.7. The molecule has 0 spiro atoms. The number of rotatable bonds is 12. The molecule has 0 atom stereocenters. The summed E-state index contributed by atoms with van der Waals surface area (Å²) in [7, 11) is 5.71. The van der Waals surface area contributed by atoms with Crippen LogP contribution in [0.1, 0.15) is 39.5 Å². The van der Waals surface area contributed by atoms with Gasteiger partial charge in [-0.25, -0.2) is 0 Å². The Kier molecular flexibility index (Phi) is 19.0. The van der Waals surface area contributed by atoms with Crippen LogP contribution in [-0.4, -0.2) is 64.9 Å². The number of halogens is 1. The lowest BCUT2D eigenvalue weighted by Gasteiger charge is -2.18. The largest absolute Gasteiger partial charge is 0.385 e. The molecule has 134 valence electrons. The number of ether oxygens (including phenoxy) is 1. The second-order valence-electron chi connectivity index (χ2n) is 5.97. The predicted octanol–water partition coefficient (Wildman–Crippen LogP) is 2.56. The van der Waals surface area contributed by atoms with Gasteiger partial charge in [0.1, 0.15) is 0 Å². The van der Waals surface area contributed by atoms with E-state index in [1.165, 1.54) is 19.3 Å². The van der Waals surface area contributed by atoms with E-state index in [0.717, 1.165) is 51.1 Å². The zero-order valence-corrected chi connectivity index (χ0v) is 17.5. The summed E-state index contributed by atoms with van der Waals surface area (Å²) in [5, 5.41) is 6.73. The highest BCUT2D eigenvalue weighted by Gasteiger charge is 2.00. The number of hydrogen-bond acceptors (Lipinski definition) is 3. The molecule has 0 aliphatic rings. The maximum atomic E-state index is 5.06. The van der Waals surface area contributed by atoms with Crippen LogP contribution >= 0.6 is 24.0 Å². The monoisotopic (exact) mass is 428 g/mol. The quantitative estimate of drug-likeness (QED) is 0.217. The molecule has 0 rings (SSSR count). The third kappa shape index (κ3) is 16.3. The lowest BCUT2D eigenvalue weighted by atomic mass is 10.1. The van der Waals surface area contributed by atoms with Crippen molar-refractivity contribution in [2.24, 2.45) is 10.9 Å². The van der Waals surface area contributed by atoms with Gasteiger partial charge in [-0.3, -0.25) is 4.99 Å². The first kappa shape index (κ1) is 24.2. The van der Waals surface area contributed by atoms with Crippen molar-refractivity contribution in [3.8, 4) is 0 Å². The molecule has 0 heterocycles. The summed E-state index contributed by atoms with van der Waals surface area (Å²) in [6.45, 7) is 9.37. The molecular formula is C16H37IN4O. The first-order chi connectivity index (χ1) is 10.1. The number of hydrogen-bond donors (Lipinski definition) is 2. The molecule has 0 amide bonds. The Balaban J connectivity index is 0. The summed E-state index contributed by atoms with van der Waals surface area (Å²) in [5.41, 5.74) is 0. The lowest BCUT2D eigenvalue weighted by Crippen LogP contribution is -2.41. The molecule has 0 aliphatic carbocycles. The fourth-order valence-corrected chi connectivity index (χ4v) is 2.06. The average Bonchev–Trinajstić information content (AvgIpc) is 2.45. The Bertz CT molecular complexity index is 263. The third-order valence-corrected chi connectivity index (χ3v) is 3.40. The van der Waals surface area contributed by atoms with E-state index in [2.05, 4.69) is 41.4 Å². The average molecular weight is 428 g/mol. The molecule has 0 aromatic heterocycles. The topological polar surface area (TPSA) is 48.9 Å². The first-order valence-corrected chi connectivity index (χ1v) is 8.22. The Hall–Kier alpha value is -0.0800. The van der Waals surface area contributed by atoms with Crippen LogP contribution in [0, 0.1) is 5.92 Å². The van der Waals surface area contributed by atoms with Gasteiger partial charge >= 0.3 is 0 Å². The number of unbranched alkanes of at least 4 members (excludes halogenated alkanes) is 1. The summed E-state index contributed by atoms with van der Waals surface area (Å²) in [5.74, 6) is 1.71. The van der Waals surface area contributed by atoms with E-state index in [-0.39, 0.29) is 24.0 Å². The molecule has 0 bridgehead atoms. The van der Waals surface area contributed by atoms with E-state index < -0.39 is 0 Å². The number of guanidine groups is 1. The van der Waals surface area contributed by atoms with Crippen molar-refractivity contribution < 1.29 is 4.74 Å². The van der Waals surface area contributed by atoms with E-state index in [4.69, 9.17) is 4.74 Å². The van der Waals surface area contributed by atoms with Gasteiger partial charge in [0.25, 0.3) is 0 Å². The molecule has 0 fully saturated rings. The number of aliphatic imine (C=N–C) groups is 1. The van der Waals surface area contributed by atoms with Crippen molar-refractivity contribution >= 4 is 29.9 Å². The summed E-state index contributed by atoms with van der Waals surface area (Å²) < 4.78 is 5.06. The highest BCUT2D eigenvalue weighted by molar-refractivity contribution is 14.0. The standard InChI is InChI=1S/C16H36N4O.HI/c1-15(2)9-6-7-10-18-16(17-3)19-11-13-20(4)12-8-14-21-5;/h15H,6-14H2,1-5H3,(H2,17,18,19);1H. The van der Waals surface area contributed by atoms with E-state index in [1.807, 2.05) is 7.05 Å². The SMILES string of the molecule is CN=C(NCCCCC(C)C)NCCN(C)CCCOC.I. The Labute approximate surface area is 154 Å². The second kappa shape index (κ2) is 17.3. The summed E-state index contributed by atoms with van der Waals surface area (Å²) in [4.78, 5) is 6.56. The van der Waals surface area contributed by atoms with Crippen LogP contribution in [0.2, 0.25) is 0 Å². The van der Waals surface area contributed by atoms with Gasteiger partial charge in [0.05, 0.1) is 0 Å². The van der Waals surface area contributed by atoms with Gasteiger partial charge in [-0.1, -0.05) is 26.7 Å². The minimum atomic E-state index is 0. The molecule has 0 radical (unpaired) electrons. The first-order valence-electron chi connectivity index (χ1n) is 8.22. The Morgan fingerprint density at radius 2 is 1.77 bits per heavy atom. The van der Waals surface area contributed by atoms with Gasteiger partial charge < -0.3 is 20.3 Å². The Morgan fingerprint density at radius 1 is 1.09 bits per heavy atom. The lowest BCUT2D eigenvalue weighted by molar-refractivity contribution is 0.180. The molecular weight excluding hydrogens is 391 g/mol. The van der Waals surface area contributed by atoms with Crippen LogP contribution in [0.5, 0.6) is 0 Å². The molecule has 0 saturated heterocycles. The molecule has 0 unspecified atom stereocenters. The van der Waals surface area contributed by atoms with Crippen molar-refractivity contribution in [3.05, 3.63) is 0 Å². The molecule has 0 aromatic carbocycles. The van der Waals surface area contributed by atoms with Crippen LogP contribution in [-0.2, 0) is 4.74 Å². The van der Waals surface area contributed by atoms with Gasteiger partial charge in [0.15, 0.2) is 5.96 Å². The van der Waals surface area contributed by atoms with Crippen molar-refractivity contribution in [2.45, 2.75) is 39.5 Å². The van der Waals surface area contributed by atoms with Crippen molar-refractivity contribution in [1.29, 1.82) is 0 Å². The van der Waals surface area contributed by atoms with Crippen LogP contribution in [0.3, 0.4) is 0 Å². The van der Waals surface area contributed by atoms with Gasteiger partial charge in [-0.05, 0) is 25.8 Å². The Morgan fingerprint density at radius 3 is 2.36 bits per heavy atom. The summed E-state index contributed by atoms with van der Waals surface area (Å²) >= 11 is 0. The zero-order chi connectivity index (χ0) is 15.9. The number of nitrogens with one attached hydrogen (secondary N) is 2. The van der Waals surface area contributed by atoms with Crippen LogP contribution in [0.4, 0.5) is 0 Å². The molecule has 2 N–H and O–H groups in total. The van der Waals surface area contributed by atoms with Gasteiger partial charge in [0, 0.05) is 46.9 Å². The van der Waals surface area contributed by atoms with Crippen LogP contribution in [0.25, 0.3) is 0 Å².